The number of hydrogen-bond donors (Lipinski definition) is 2. The molecule has 25 heavy (non-hydrogen) atoms. The number of piperidine rings is 1. The molecule has 0 saturated carbocycles. The SMILES string of the molecule is CC(=O)N[C@@]12C[C@@H](c3ccccc3)[C@@H](C(=S)N1)[C@H](c1ccccc1)S2. The topological polar surface area (TPSA) is 41.1 Å². The predicted molar refractivity (Wildman–Crippen MR) is 106 cm³/mol. The maximum atomic E-state index is 11.9. The fourth-order valence-corrected chi connectivity index (χ4v) is 6.48. The van der Waals surface area contributed by atoms with Gasteiger partial charge < -0.3 is 10.6 Å². The molecule has 3 heterocycles. The quantitative estimate of drug-likeness (QED) is 0.804. The Kier molecular flexibility index (Phi) is 4.29. The molecule has 2 bridgehead atoms. The molecular weight excluding hydrogens is 348 g/mol. The van der Waals surface area contributed by atoms with Crippen LogP contribution in [0.15, 0.2) is 60.7 Å². The molecule has 0 aliphatic carbocycles. The third kappa shape index (κ3) is 3.07. The van der Waals surface area contributed by atoms with Crippen LogP contribution in [0, 0.1) is 5.92 Å². The zero-order valence-electron chi connectivity index (χ0n) is 13.9. The lowest BCUT2D eigenvalue weighted by atomic mass is 9.75. The molecule has 3 aliphatic rings. The highest BCUT2D eigenvalue weighted by Gasteiger charge is 2.55. The van der Waals surface area contributed by atoms with Gasteiger partial charge >= 0.3 is 0 Å². The molecular formula is C20H20N2OS2. The molecule has 2 aromatic rings. The largest absolute Gasteiger partial charge is 0.348 e. The molecule has 0 aromatic heterocycles. The monoisotopic (exact) mass is 368 g/mol. The van der Waals surface area contributed by atoms with Crippen LogP contribution in [0.4, 0.5) is 0 Å². The van der Waals surface area contributed by atoms with Gasteiger partial charge in [-0.25, -0.2) is 0 Å². The Hall–Kier alpha value is -1.85. The van der Waals surface area contributed by atoms with Gasteiger partial charge in [-0.1, -0.05) is 72.9 Å². The highest BCUT2D eigenvalue weighted by atomic mass is 32.2. The Balaban J connectivity index is 1.79. The van der Waals surface area contributed by atoms with Gasteiger partial charge in [-0.3, -0.25) is 4.79 Å². The van der Waals surface area contributed by atoms with Crippen LogP contribution in [0.5, 0.6) is 0 Å². The van der Waals surface area contributed by atoms with Crippen molar-refractivity contribution in [3.63, 3.8) is 0 Å². The Bertz CT molecular complexity index is 740. The summed E-state index contributed by atoms with van der Waals surface area (Å²) in [6.45, 7) is 1.57. The van der Waals surface area contributed by atoms with Crippen LogP contribution in [-0.2, 0) is 4.79 Å². The first-order valence-electron chi connectivity index (χ1n) is 8.46. The lowest BCUT2D eigenvalue weighted by Gasteiger charge is -2.55. The van der Waals surface area contributed by atoms with Crippen LogP contribution < -0.4 is 10.6 Å². The van der Waals surface area contributed by atoms with E-state index >= 15 is 0 Å². The molecule has 5 heteroatoms. The van der Waals surface area contributed by atoms with Crippen molar-refractivity contribution in [2.45, 2.75) is 29.5 Å². The minimum Gasteiger partial charge on any atom is -0.348 e. The molecule has 3 nitrogen and oxygen atoms in total. The van der Waals surface area contributed by atoms with E-state index in [2.05, 4.69) is 59.2 Å². The van der Waals surface area contributed by atoms with Crippen LogP contribution in [0.25, 0.3) is 0 Å². The Morgan fingerprint density at radius 2 is 1.72 bits per heavy atom. The molecule has 2 aromatic carbocycles. The Morgan fingerprint density at radius 3 is 2.32 bits per heavy atom. The van der Waals surface area contributed by atoms with Crippen molar-refractivity contribution >= 4 is 34.9 Å². The maximum Gasteiger partial charge on any atom is 0.219 e. The van der Waals surface area contributed by atoms with E-state index in [1.807, 2.05) is 12.1 Å². The van der Waals surface area contributed by atoms with Gasteiger partial charge in [-0.05, 0) is 17.0 Å². The number of hydrogen-bond acceptors (Lipinski definition) is 3. The molecule has 3 aliphatic heterocycles. The molecule has 1 amide bonds. The van der Waals surface area contributed by atoms with E-state index in [1.165, 1.54) is 11.1 Å². The van der Waals surface area contributed by atoms with Crippen molar-refractivity contribution in [3.8, 4) is 0 Å². The van der Waals surface area contributed by atoms with Crippen molar-refractivity contribution in [1.29, 1.82) is 0 Å². The minimum atomic E-state index is -0.543. The molecule has 5 rings (SSSR count). The summed E-state index contributed by atoms with van der Waals surface area (Å²) >= 11 is 7.54. The number of carbonyl (C=O) groups excluding carboxylic acids is 1. The lowest BCUT2D eigenvalue weighted by molar-refractivity contribution is -0.120. The normalized spacial score (nSPS) is 30.6. The van der Waals surface area contributed by atoms with Crippen molar-refractivity contribution in [2.24, 2.45) is 5.92 Å². The number of carbonyl (C=O) groups is 1. The average molecular weight is 369 g/mol. The second-order valence-corrected chi connectivity index (χ2v) is 8.57. The van der Waals surface area contributed by atoms with E-state index in [0.29, 0.717) is 0 Å². The summed E-state index contributed by atoms with van der Waals surface area (Å²) < 4.78 is 0. The summed E-state index contributed by atoms with van der Waals surface area (Å²) in [4.78, 5) is 12.2. The number of thiocarbonyl (C=S) groups is 1. The van der Waals surface area contributed by atoms with Crippen LogP contribution >= 0.6 is 24.0 Å². The Labute approximate surface area is 157 Å². The van der Waals surface area contributed by atoms with Crippen LogP contribution in [0.1, 0.15) is 35.6 Å². The lowest BCUT2D eigenvalue weighted by Crippen LogP contribution is -2.67. The fraction of sp³-hybridized carbons (Fsp3) is 0.300. The average Bonchev–Trinajstić information content (AvgIpc) is 2.61. The van der Waals surface area contributed by atoms with Gasteiger partial charge in [0.25, 0.3) is 0 Å². The summed E-state index contributed by atoms with van der Waals surface area (Å²) in [5.74, 6) is 0.468. The third-order valence-corrected chi connectivity index (χ3v) is 6.92. The van der Waals surface area contributed by atoms with Crippen molar-refractivity contribution in [3.05, 3.63) is 71.8 Å². The molecule has 0 spiro atoms. The van der Waals surface area contributed by atoms with Gasteiger partial charge in [0.05, 0.1) is 4.99 Å². The molecule has 3 fully saturated rings. The van der Waals surface area contributed by atoms with E-state index in [-0.39, 0.29) is 23.0 Å². The summed E-state index contributed by atoms with van der Waals surface area (Å²) in [6.07, 6.45) is 0.829. The van der Waals surface area contributed by atoms with Gasteiger partial charge in [0, 0.05) is 24.5 Å². The van der Waals surface area contributed by atoms with E-state index in [0.717, 1.165) is 11.4 Å². The minimum absolute atomic E-state index is 0.0400. The zero-order valence-corrected chi connectivity index (χ0v) is 15.6. The highest BCUT2D eigenvalue weighted by molar-refractivity contribution is 8.01. The first-order chi connectivity index (χ1) is 12.1. The first kappa shape index (κ1) is 16.6. The van der Waals surface area contributed by atoms with Gasteiger partial charge in [-0.2, -0.15) is 0 Å². The van der Waals surface area contributed by atoms with E-state index in [4.69, 9.17) is 12.2 Å². The summed E-state index contributed by atoms with van der Waals surface area (Å²) in [7, 11) is 0. The first-order valence-corrected chi connectivity index (χ1v) is 9.75. The van der Waals surface area contributed by atoms with Crippen LogP contribution in [-0.4, -0.2) is 15.9 Å². The number of thioether (sulfide) groups is 1. The molecule has 2 N–H and O–H groups in total. The number of rotatable bonds is 3. The number of amides is 1. The summed E-state index contributed by atoms with van der Waals surface area (Å²) in [5.41, 5.74) is 2.55. The maximum absolute atomic E-state index is 11.9. The number of fused-ring (bicyclic) bond motifs is 3. The van der Waals surface area contributed by atoms with Gasteiger partial charge in [-0.15, -0.1) is 11.8 Å². The van der Waals surface area contributed by atoms with Crippen molar-refractivity contribution in [2.75, 3.05) is 0 Å². The third-order valence-electron chi connectivity index (χ3n) is 4.96. The number of nitrogens with one attached hydrogen (secondary N) is 2. The van der Waals surface area contributed by atoms with E-state index in [9.17, 15) is 4.79 Å². The molecule has 4 atom stereocenters. The van der Waals surface area contributed by atoms with Crippen LogP contribution in [0.3, 0.4) is 0 Å². The fourth-order valence-electron chi connectivity index (χ4n) is 4.01. The second-order valence-electron chi connectivity index (χ2n) is 6.69. The van der Waals surface area contributed by atoms with Crippen LogP contribution in [0.2, 0.25) is 0 Å². The predicted octanol–water partition coefficient (Wildman–Crippen LogP) is 3.99. The van der Waals surface area contributed by atoms with Gasteiger partial charge in [0.2, 0.25) is 5.91 Å². The summed E-state index contributed by atoms with van der Waals surface area (Å²) in [5, 5.41) is 6.78. The second kappa shape index (κ2) is 6.46. The number of benzene rings is 2. The van der Waals surface area contributed by atoms with Crippen molar-refractivity contribution < 1.29 is 4.79 Å². The van der Waals surface area contributed by atoms with Gasteiger partial charge in [0.1, 0.15) is 0 Å². The Morgan fingerprint density at radius 1 is 1.12 bits per heavy atom. The zero-order chi connectivity index (χ0) is 17.4. The standard InChI is InChI=1S/C20H20N2OS2/c1-13(23)21-20-12-16(14-8-4-2-5-9-14)17(19(24)22-20)18(25-20)15-10-6-3-7-11-15/h2-11,16-18H,12H2,1H3,(H,21,23)(H,22,24)/t16-,17+,18-,20-/m0/s1. The van der Waals surface area contributed by atoms with Gasteiger partial charge in [0.15, 0.2) is 4.99 Å². The molecule has 0 unspecified atom stereocenters. The summed E-state index contributed by atoms with van der Waals surface area (Å²) in [6, 6.07) is 21.0. The molecule has 128 valence electrons. The van der Waals surface area contributed by atoms with E-state index in [1.54, 1.807) is 18.7 Å². The van der Waals surface area contributed by atoms with Crippen molar-refractivity contribution in [1.82, 2.24) is 10.6 Å². The smallest absolute Gasteiger partial charge is 0.219 e. The van der Waals surface area contributed by atoms with E-state index < -0.39 is 4.99 Å². The highest BCUT2D eigenvalue weighted by Crippen LogP contribution is 2.58. The molecule has 0 radical (unpaired) electrons. The molecule has 3 saturated heterocycles.